The van der Waals surface area contributed by atoms with Gasteiger partial charge >= 0.3 is 0 Å². The van der Waals surface area contributed by atoms with Gasteiger partial charge in [0.05, 0.1) is 4.88 Å². The van der Waals surface area contributed by atoms with Crippen LogP contribution in [0.2, 0.25) is 0 Å². The van der Waals surface area contributed by atoms with Gasteiger partial charge in [0.2, 0.25) is 0 Å². The molecule has 0 saturated carbocycles. The molecular formula is C21H15NO3S. The van der Waals surface area contributed by atoms with Crippen LogP contribution < -0.4 is 14.8 Å². The molecular weight excluding hydrogens is 346 g/mol. The van der Waals surface area contributed by atoms with Crippen LogP contribution in [0.4, 0.5) is 5.69 Å². The lowest BCUT2D eigenvalue weighted by Gasteiger charge is -2.18. The summed E-state index contributed by atoms with van der Waals surface area (Å²) in [7, 11) is 0. The van der Waals surface area contributed by atoms with Crippen molar-refractivity contribution in [1.29, 1.82) is 0 Å². The van der Waals surface area contributed by atoms with E-state index in [1.807, 2.05) is 48.5 Å². The van der Waals surface area contributed by atoms with Crippen LogP contribution in [0.25, 0.3) is 10.4 Å². The molecule has 4 nitrogen and oxygen atoms in total. The topological polar surface area (TPSA) is 47.6 Å². The van der Waals surface area contributed by atoms with Crippen molar-refractivity contribution >= 4 is 22.9 Å². The Morgan fingerprint density at radius 2 is 1.88 bits per heavy atom. The molecule has 26 heavy (non-hydrogen) atoms. The predicted molar refractivity (Wildman–Crippen MR) is 103 cm³/mol. The van der Waals surface area contributed by atoms with Gasteiger partial charge in [-0.25, -0.2) is 0 Å². The molecule has 1 aliphatic rings. The first-order chi connectivity index (χ1) is 12.7. The Hall–Kier alpha value is -3.23. The lowest BCUT2D eigenvalue weighted by atomic mass is 10.1. The van der Waals surface area contributed by atoms with Gasteiger partial charge in [-0.15, -0.1) is 17.8 Å². The molecule has 0 fully saturated rings. The molecule has 3 aromatic rings. The number of anilines is 1. The second kappa shape index (κ2) is 6.95. The summed E-state index contributed by atoms with van der Waals surface area (Å²) in [5, 5.41) is 2.88. The number of fused-ring (bicyclic) bond motifs is 1. The Kier molecular flexibility index (Phi) is 4.34. The fourth-order valence-electron chi connectivity index (χ4n) is 2.69. The average molecular weight is 361 g/mol. The molecule has 5 heteroatoms. The van der Waals surface area contributed by atoms with Crippen molar-refractivity contribution in [2.24, 2.45) is 0 Å². The van der Waals surface area contributed by atoms with Gasteiger partial charge in [-0.1, -0.05) is 12.0 Å². The summed E-state index contributed by atoms with van der Waals surface area (Å²) in [6.07, 6.45) is 5.40. The van der Waals surface area contributed by atoms with E-state index in [0.717, 1.165) is 27.5 Å². The van der Waals surface area contributed by atoms with E-state index in [2.05, 4.69) is 11.2 Å². The fraction of sp³-hybridized carbons (Fsp3) is 0.0952. The quantitative estimate of drug-likeness (QED) is 0.703. The van der Waals surface area contributed by atoms with E-state index >= 15 is 0 Å². The maximum absolute atomic E-state index is 12.5. The van der Waals surface area contributed by atoms with Crippen LogP contribution in [0.5, 0.6) is 11.5 Å². The summed E-state index contributed by atoms with van der Waals surface area (Å²) >= 11 is 1.43. The second-order valence-electron chi connectivity index (χ2n) is 5.70. The zero-order chi connectivity index (χ0) is 17.9. The highest BCUT2D eigenvalue weighted by atomic mass is 32.1. The van der Waals surface area contributed by atoms with Crippen LogP contribution in [-0.4, -0.2) is 19.1 Å². The van der Waals surface area contributed by atoms with E-state index in [1.165, 1.54) is 11.3 Å². The number of carbonyl (C=O) groups is 1. The predicted octanol–water partition coefficient (Wildman–Crippen LogP) is 4.42. The molecule has 0 spiro atoms. The van der Waals surface area contributed by atoms with Crippen molar-refractivity contribution in [2.45, 2.75) is 0 Å². The van der Waals surface area contributed by atoms with Crippen LogP contribution in [-0.2, 0) is 0 Å². The molecule has 4 rings (SSSR count). The molecule has 2 heterocycles. The first-order valence-electron chi connectivity index (χ1n) is 8.11. The van der Waals surface area contributed by atoms with Gasteiger partial charge in [-0.3, -0.25) is 4.79 Å². The average Bonchev–Trinajstić information content (AvgIpc) is 3.18. The number of nitrogens with one attached hydrogen (secondary N) is 1. The third-order valence-electron chi connectivity index (χ3n) is 3.94. The van der Waals surface area contributed by atoms with E-state index in [0.29, 0.717) is 23.8 Å². The van der Waals surface area contributed by atoms with Gasteiger partial charge in [0, 0.05) is 16.1 Å². The Morgan fingerprint density at radius 1 is 1.04 bits per heavy atom. The molecule has 2 aromatic carbocycles. The van der Waals surface area contributed by atoms with Crippen molar-refractivity contribution < 1.29 is 14.3 Å². The van der Waals surface area contributed by atoms with Crippen LogP contribution in [0.1, 0.15) is 15.2 Å². The summed E-state index contributed by atoms with van der Waals surface area (Å²) in [6.45, 7) is 1.11. The molecule has 0 aliphatic carbocycles. The summed E-state index contributed by atoms with van der Waals surface area (Å²) in [6, 6.07) is 16.8. The van der Waals surface area contributed by atoms with Gasteiger partial charge in [-0.05, 0) is 54.1 Å². The Morgan fingerprint density at radius 3 is 2.73 bits per heavy atom. The number of ether oxygens (including phenoxy) is 2. The zero-order valence-electron chi connectivity index (χ0n) is 13.8. The number of terminal acetylenes is 1. The Balaban J connectivity index is 1.54. The Labute approximate surface area is 155 Å². The molecule has 0 atom stereocenters. The number of carbonyl (C=O) groups excluding carboxylic acids is 1. The van der Waals surface area contributed by atoms with Crippen LogP contribution in [0.3, 0.4) is 0 Å². The standard InChI is InChI=1S/C21H15NO3S/c1-2-14-4-3-5-16(12-14)22-21(23)20-9-8-19(26-20)15-6-7-17-18(13-15)25-11-10-24-17/h1,3-9,12-13H,10-11H2,(H,22,23). The molecule has 0 bridgehead atoms. The van der Waals surface area contributed by atoms with Gasteiger partial charge in [-0.2, -0.15) is 0 Å². The van der Waals surface area contributed by atoms with Gasteiger partial charge in [0.25, 0.3) is 5.91 Å². The van der Waals surface area contributed by atoms with Crippen molar-refractivity contribution in [3.63, 3.8) is 0 Å². The first kappa shape index (κ1) is 16.2. The molecule has 1 aliphatic heterocycles. The smallest absolute Gasteiger partial charge is 0.265 e. The maximum Gasteiger partial charge on any atom is 0.265 e. The monoisotopic (exact) mass is 361 g/mol. The second-order valence-corrected chi connectivity index (χ2v) is 6.79. The number of rotatable bonds is 3. The molecule has 0 radical (unpaired) electrons. The highest BCUT2D eigenvalue weighted by Crippen LogP contribution is 2.37. The number of amides is 1. The highest BCUT2D eigenvalue weighted by Gasteiger charge is 2.15. The minimum Gasteiger partial charge on any atom is -0.486 e. The Bertz CT molecular complexity index is 1020. The van der Waals surface area contributed by atoms with Crippen molar-refractivity contribution in [2.75, 3.05) is 18.5 Å². The van der Waals surface area contributed by atoms with Gasteiger partial charge < -0.3 is 14.8 Å². The van der Waals surface area contributed by atoms with Gasteiger partial charge in [0.1, 0.15) is 13.2 Å². The minimum atomic E-state index is -0.159. The summed E-state index contributed by atoms with van der Waals surface area (Å²) in [5.41, 5.74) is 2.40. The lowest BCUT2D eigenvalue weighted by molar-refractivity contribution is 0.103. The van der Waals surface area contributed by atoms with E-state index in [4.69, 9.17) is 15.9 Å². The maximum atomic E-state index is 12.5. The number of benzene rings is 2. The van der Waals surface area contributed by atoms with Crippen molar-refractivity contribution in [3.8, 4) is 34.3 Å². The number of hydrogen-bond donors (Lipinski definition) is 1. The summed E-state index contributed by atoms with van der Waals surface area (Å²) < 4.78 is 11.2. The highest BCUT2D eigenvalue weighted by molar-refractivity contribution is 7.17. The summed E-state index contributed by atoms with van der Waals surface area (Å²) in [4.78, 5) is 14.1. The minimum absolute atomic E-state index is 0.159. The molecule has 1 amide bonds. The SMILES string of the molecule is C#Cc1cccc(NC(=O)c2ccc(-c3ccc4c(c3)OCCO4)s2)c1. The molecule has 0 saturated heterocycles. The van der Waals surface area contributed by atoms with E-state index in [9.17, 15) is 4.79 Å². The molecule has 0 unspecified atom stereocenters. The fourth-order valence-corrected chi connectivity index (χ4v) is 3.59. The van der Waals surface area contributed by atoms with E-state index < -0.39 is 0 Å². The van der Waals surface area contributed by atoms with Crippen LogP contribution in [0, 0.1) is 12.3 Å². The normalized spacial score (nSPS) is 12.3. The van der Waals surface area contributed by atoms with Gasteiger partial charge in [0.15, 0.2) is 11.5 Å². The third-order valence-corrected chi connectivity index (χ3v) is 5.08. The number of hydrogen-bond acceptors (Lipinski definition) is 4. The van der Waals surface area contributed by atoms with Crippen molar-refractivity contribution in [1.82, 2.24) is 0 Å². The molecule has 1 aromatic heterocycles. The first-order valence-corrected chi connectivity index (χ1v) is 8.92. The third kappa shape index (κ3) is 3.28. The molecule has 1 N–H and O–H groups in total. The van der Waals surface area contributed by atoms with Crippen LogP contribution in [0.15, 0.2) is 54.6 Å². The van der Waals surface area contributed by atoms with E-state index in [1.54, 1.807) is 6.07 Å². The van der Waals surface area contributed by atoms with Crippen molar-refractivity contribution in [3.05, 3.63) is 65.0 Å². The number of thiophene rings is 1. The molecule has 128 valence electrons. The lowest BCUT2D eigenvalue weighted by Crippen LogP contribution is -2.15. The largest absolute Gasteiger partial charge is 0.486 e. The van der Waals surface area contributed by atoms with Crippen LogP contribution >= 0.6 is 11.3 Å². The zero-order valence-corrected chi connectivity index (χ0v) is 14.6. The van der Waals surface area contributed by atoms with E-state index in [-0.39, 0.29) is 5.91 Å². The summed E-state index contributed by atoms with van der Waals surface area (Å²) in [5.74, 6) is 3.89.